The van der Waals surface area contributed by atoms with Crippen LogP contribution in [0.25, 0.3) is 0 Å². The van der Waals surface area contributed by atoms with Crippen LogP contribution in [0.4, 0.5) is 0 Å². The van der Waals surface area contributed by atoms with E-state index in [1.54, 1.807) is 17.8 Å². The first-order valence-electron chi connectivity index (χ1n) is 3.63. The number of rotatable bonds is 0. The average Bonchev–Trinajstić information content (AvgIpc) is 2.50. The molecule has 2 aliphatic heterocycles. The molecule has 0 aromatic heterocycles. The molecule has 0 unspecified atom stereocenters. The van der Waals surface area contributed by atoms with Crippen molar-refractivity contribution in [3.63, 3.8) is 0 Å². The lowest BCUT2D eigenvalue weighted by Gasteiger charge is -2.21. The minimum atomic E-state index is 0.524. The van der Waals surface area contributed by atoms with Gasteiger partial charge in [-0.15, -0.1) is 0 Å². The first-order chi connectivity index (χ1) is 5.81. The molecule has 0 aromatic carbocycles. The Balaban J connectivity index is 2.35. The van der Waals surface area contributed by atoms with Crippen molar-refractivity contribution < 1.29 is 0 Å². The number of amidine groups is 2. The highest BCUT2D eigenvalue weighted by atomic mass is 35.5. The van der Waals surface area contributed by atoms with E-state index in [0.29, 0.717) is 5.16 Å². The van der Waals surface area contributed by atoms with Crippen LogP contribution >= 0.6 is 23.4 Å². The molecule has 2 heterocycles. The topological polar surface area (TPSA) is 28.0 Å². The van der Waals surface area contributed by atoms with Crippen LogP contribution in [-0.4, -0.2) is 35.2 Å². The fraction of sp³-hybridized carbons (Fsp3) is 0.429. The molecule has 0 radical (unpaired) electrons. The molecular weight excluding hydrogens is 194 g/mol. The summed E-state index contributed by atoms with van der Waals surface area (Å²) in [7, 11) is 0. The van der Waals surface area contributed by atoms with E-state index in [2.05, 4.69) is 14.9 Å². The number of hydrogen-bond acceptors (Lipinski definition) is 4. The Morgan fingerprint density at radius 1 is 1.67 bits per heavy atom. The van der Waals surface area contributed by atoms with Gasteiger partial charge in [-0.2, -0.15) is 0 Å². The Labute approximate surface area is 80.2 Å². The van der Waals surface area contributed by atoms with E-state index in [9.17, 15) is 0 Å². The summed E-state index contributed by atoms with van der Waals surface area (Å²) in [4.78, 5) is 10.6. The number of hydrogen-bond donors (Lipinski definition) is 0. The Morgan fingerprint density at radius 2 is 2.50 bits per heavy atom. The van der Waals surface area contributed by atoms with Gasteiger partial charge in [-0.25, -0.2) is 4.99 Å². The van der Waals surface area contributed by atoms with Gasteiger partial charge in [-0.3, -0.25) is 4.99 Å². The van der Waals surface area contributed by atoms with E-state index >= 15 is 0 Å². The second kappa shape index (κ2) is 3.11. The third-order valence-electron chi connectivity index (χ3n) is 1.74. The maximum Gasteiger partial charge on any atom is 0.170 e. The lowest BCUT2D eigenvalue weighted by molar-refractivity contribution is 0.676. The second-order valence-corrected chi connectivity index (χ2v) is 3.62. The summed E-state index contributed by atoms with van der Waals surface area (Å²) < 4.78 is 0. The molecule has 0 N–H and O–H groups in total. The van der Waals surface area contributed by atoms with Crippen LogP contribution < -0.4 is 0 Å². The van der Waals surface area contributed by atoms with Gasteiger partial charge in [-0.05, 0) is 6.26 Å². The minimum Gasteiger partial charge on any atom is -0.304 e. The predicted octanol–water partition coefficient (Wildman–Crippen LogP) is 1.51. The molecule has 3 nitrogen and oxygen atoms in total. The fourth-order valence-electron chi connectivity index (χ4n) is 1.23. The van der Waals surface area contributed by atoms with Crippen LogP contribution in [-0.2, 0) is 0 Å². The smallest absolute Gasteiger partial charge is 0.170 e. The van der Waals surface area contributed by atoms with Gasteiger partial charge in [0.15, 0.2) is 5.17 Å². The van der Waals surface area contributed by atoms with Gasteiger partial charge in [0.1, 0.15) is 11.0 Å². The molecule has 0 fully saturated rings. The first-order valence-corrected chi connectivity index (χ1v) is 5.23. The van der Waals surface area contributed by atoms with Crippen molar-refractivity contribution in [1.29, 1.82) is 0 Å². The third-order valence-corrected chi connectivity index (χ3v) is 2.61. The van der Waals surface area contributed by atoms with Crippen LogP contribution in [0.3, 0.4) is 0 Å². The molecule has 2 rings (SSSR count). The molecule has 0 spiro atoms. The van der Waals surface area contributed by atoms with Crippen LogP contribution in [0.15, 0.2) is 21.2 Å². The predicted molar refractivity (Wildman–Crippen MR) is 53.9 cm³/mol. The molecule has 0 aliphatic carbocycles. The lowest BCUT2D eigenvalue weighted by Crippen LogP contribution is -2.33. The second-order valence-electron chi connectivity index (χ2n) is 2.46. The van der Waals surface area contributed by atoms with Crippen molar-refractivity contribution in [2.45, 2.75) is 0 Å². The lowest BCUT2D eigenvalue weighted by atomic mass is 10.4. The number of aliphatic imine (C=N–C) groups is 2. The molecule has 0 amide bonds. The van der Waals surface area contributed by atoms with E-state index < -0.39 is 0 Å². The van der Waals surface area contributed by atoms with Gasteiger partial charge in [-0.1, -0.05) is 23.4 Å². The zero-order chi connectivity index (χ0) is 8.55. The van der Waals surface area contributed by atoms with Crippen LogP contribution in [0.2, 0.25) is 0 Å². The molecule has 0 saturated carbocycles. The molecule has 0 saturated heterocycles. The first kappa shape index (κ1) is 8.13. The number of fused-ring (bicyclic) bond motifs is 1. The van der Waals surface area contributed by atoms with Crippen molar-refractivity contribution in [1.82, 2.24) is 4.90 Å². The minimum absolute atomic E-state index is 0.524. The van der Waals surface area contributed by atoms with Crippen molar-refractivity contribution in [3.05, 3.63) is 11.2 Å². The Morgan fingerprint density at radius 3 is 3.25 bits per heavy atom. The summed E-state index contributed by atoms with van der Waals surface area (Å²) in [5.41, 5.74) is 0. The van der Waals surface area contributed by atoms with Crippen LogP contribution in [0, 0.1) is 0 Å². The number of halogens is 1. The summed E-state index contributed by atoms with van der Waals surface area (Å²) in [5, 5.41) is 1.47. The average molecular weight is 202 g/mol. The number of thioether (sulfide) groups is 1. The van der Waals surface area contributed by atoms with Crippen LogP contribution in [0.5, 0.6) is 0 Å². The van der Waals surface area contributed by atoms with Gasteiger partial charge in [0.2, 0.25) is 0 Å². The third kappa shape index (κ3) is 1.25. The quantitative estimate of drug-likeness (QED) is 0.556. The molecule has 0 atom stereocenters. The van der Waals surface area contributed by atoms with Crippen LogP contribution in [0.1, 0.15) is 0 Å². The van der Waals surface area contributed by atoms with Crippen molar-refractivity contribution >= 4 is 34.4 Å². The standard InChI is InChI=1S/C7H8ClN3S/c1-12-7-10-5(8)4-6-9-2-3-11(6)7/h4H,2-3H2,1H3. The molecule has 12 heavy (non-hydrogen) atoms. The fourth-order valence-corrected chi connectivity index (χ4v) is 2.05. The molecular formula is C7H8ClN3S. The molecule has 0 bridgehead atoms. The molecule has 64 valence electrons. The Kier molecular flexibility index (Phi) is 2.11. The molecule has 2 aliphatic rings. The number of nitrogens with zero attached hydrogens (tertiary/aromatic N) is 3. The zero-order valence-electron chi connectivity index (χ0n) is 6.62. The van der Waals surface area contributed by atoms with Gasteiger partial charge in [0.25, 0.3) is 0 Å². The van der Waals surface area contributed by atoms with E-state index in [4.69, 9.17) is 11.6 Å². The van der Waals surface area contributed by atoms with E-state index in [0.717, 1.165) is 24.1 Å². The summed E-state index contributed by atoms with van der Waals surface area (Å²) in [6.07, 6.45) is 3.79. The van der Waals surface area contributed by atoms with Gasteiger partial charge < -0.3 is 4.90 Å². The monoisotopic (exact) mass is 201 g/mol. The van der Waals surface area contributed by atoms with Gasteiger partial charge in [0, 0.05) is 12.6 Å². The summed E-state index contributed by atoms with van der Waals surface area (Å²) >= 11 is 7.41. The van der Waals surface area contributed by atoms with E-state index in [1.165, 1.54) is 0 Å². The van der Waals surface area contributed by atoms with Crippen molar-refractivity contribution in [3.8, 4) is 0 Å². The van der Waals surface area contributed by atoms with E-state index in [1.807, 2.05) is 6.26 Å². The highest BCUT2D eigenvalue weighted by molar-refractivity contribution is 8.13. The maximum atomic E-state index is 5.81. The highest BCUT2D eigenvalue weighted by Crippen LogP contribution is 2.21. The Hall–Kier alpha value is -0.480. The highest BCUT2D eigenvalue weighted by Gasteiger charge is 2.23. The van der Waals surface area contributed by atoms with Crippen molar-refractivity contribution in [2.75, 3.05) is 19.3 Å². The largest absolute Gasteiger partial charge is 0.304 e. The van der Waals surface area contributed by atoms with Gasteiger partial charge in [0.05, 0.1) is 6.54 Å². The summed E-state index contributed by atoms with van der Waals surface area (Å²) in [5.74, 6) is 0.944. The zero-order valence-corrected chi connectivity index (χ0v) is 8.19. The molecule has 0 aromatic rings. The summed E-state index contributed by atoms with van der Waals surface area (Å²) in [6, 6.07) is 0. The molecule has 5 heteroatoms. The normalized spacial score (nSPS) is 21.5. The maximum absolute atomic E-state index is 5.81. The SMILES string of the molecule is CSC1=NC(Cl)=CC2=NCCN21. The van der Waals surface area contributed by atoms with Gasteiger partial charge >= 0.3 is 0 Å². The summed E-state index contributed by atoms with van der Waals surface area (Å²) in [6.45, 7) is 1.77. The Bertz CT molecular complexity index is 295. The van der Waals surface area contributed by atoms with Crippen molar-refractivity contribution in [2.24, 2.45) is 9.98 Å². The van der Waals surface area contributed by atoms with E-state index in [-0.39, 0.29) is 0 Å².